The van der Waals surface area contributed by atoms with Crippen LogP contribution in [0.5, 0.6) is 17.2 Å². The van der Waals surface area contributed by atoms with Crippen LogP contribution >= 0.6 is 11.8 Å². The molecule has 200 valence electrons. The van der Waals surface area contributed by atoms with Gasteiger partial charge in [0.05, 0.1) is 31.6 Å². The third kappa shape index (κ3) is 6.16. The highest BCUT2D eigenvalue weighted by Gasteiger charge is 2.14. The van der Waals surface area contributed by atoms with Crippen LogP contribution in [0.3, 0.4) is 0 Å². The first kappa shape index (κ1) is 26.5. The van der Waals surface area contributed by atoms with Crippen LogP contribution in [-0.4, -0.2) is 53.3 Å². The van der Waals surface area contributed by atoms with E-state index in [1.165, 1.54) is 5.56 Å². The van der Waals surface area contributed by atoms with Gasteiger partial charge in [-0.05, 0) is 41.3 Å². The highest BCUT2D eigenvalue weighted by atomic mass is 32.2. The lowest BCUT2D eigenvalue weighted by atomic mass is 10.0. The number of nitrogens with zero attached hydrogens (tertiary/aromatic N) is 3. The molecule has 0 aliphatic carbocycles. The minimum Gasteiger partial charge on any atom is -0.493 e. The molecule has 5 aromatic rings. The van der Waals surface area contributed by atoms with E-state index in [-0.39, 0.29) is 6.04 Å². The Morgan fingerprint density at radius 2 is 1.69 bits per heavy atom. The van der Waals surface area contributed by atoms with Gasteiger partial charge in [-0.15, -0.1) is 0 Å². The van der Waals surface area contributed by atoms with Crippen molar-refractivity contribution in [3.05, 3.63) is 78.8 Å². The Morgan fingerprint density at radius 3 is 2.49 bits per heavy atom. The lowest BCUT2D eigenvalue weighted by Crippen LogP contribution is -2.30. The molecule has 3 aromatic heterocycles. The van der Waals surface area contributed by atoms with Crippen molar-refractivity contribution >= 4 is 39.3 Å². The van der Waals surface area contributed by atoms with Crippen LogP contribution in [0.15, 0.2) is 73.2 Å². The largest absolute Gasteiger partial charge is 0.493 e. The summed E-state index contributed by atoms with van der Waals surface area (Å²) in [5.74, 6) is 4.07. The molecule has 0 amide bonds. The summed E-state index contributed by atoms with van der Waals surface area (Å²) >= 11 is 1.83. The summed E-state index contributed by atoms with van der Waals surface area (Å²) in [5.41, 5.74) is 16.2. The standard InChI is InChI=1S/C30H31N5O3S/c1-36-28-12-24-23-11-26(35-30(32)25(23)16-34-27(24)13-29(28)37-2)20-10-22(15-33-14-20)38-17-21(31)18-39-9-8-19-6-4-3-5-7-19/h3-7,10-16,21H,8-9,17-18,31H2,1-2H3,(H2,32,35)/t21-/m1/s1. The summed E-state index contributed by atoms with van der Waals surface area (Å²) in [7, 11) is 3.21. The number of thioether (sulfide) groups is 1. The van der Waals surface area contributed by atoms with Crippen LogP contribution in [0, 0.1) is 0 Å². The molecule has 8 nitrogen and oxygen atoms in total. The minimum absolute atomic E-state index is 0.0882. The number of hydrogen-bond donors (Lipinski definition) is 2. The summed E-state index contributed by atoms with van der Waals surface area (Å²) in [6, 6.07) is 18.0. The molecule has 1 atom stereocenters. The van der Waals surface area contributed by atoms with Crippen molar-refractivity contribution in [1.82, 2.24) is 15.0 Å². The number of aromatic nitrogens is 3. The number of aryl methyl sites for hydroxylation is 1. The molecular weight excluding hydrogens is 510 g/mol. The van der Waals surface area contributed by atoms with Gasteiger partial charge in [0.2, 0.25) is 0 Å². The molecule has 3 heterocycles. The van der Waals surface area contributed by atoms with E-state index >= 15 is 0 Å². The van der Waals surface area contributed by atoms with E-state index in [0.29, 0.717) is 35.4 Å². The second-order valence-electron chi connectivity index (χ2n) is 9.13. The first-order chi connectivity index (χ1) is 19.1. The third-order valence-corrected chi connectivity index (χ3v) is 7.55. The van der Waals surface area contributed by atoms with Gasteiger partial charge < -0.3 is 25.7 Å². The van der Waals surface area contributed by atoms with Gasteiger partial charge in [0, 0.05) is 46.6 Å². The maximum atomic E-state index is 6.37. The molecule has 0 radical (unpaired) electrons. The molecule has 0 spiro atoms. The maximum Gasteiger partial charge on any atom is 0.162 e. The Labute approximate surface area is 231 Å². The zero-order valence-electron chi connectivity index (χ0n) is 22.0. The van der Waals surface area contributed by atoms with Crippen LogP contribution in [0.2, 0.25) is 0 Å². The fourth-order valence-corrected chi connectivity index (χ4v) is 5.31. The van der Waals surface area contributed by atoms with Crippen molar-refractivity contribution in [2.45, 2.75) is 12.5 Å². The zero-order chi connectivity index (χ0) is 27.2. The summed E-state index contributed by atoms with van der Waals surface area (Å²) in [4.78, 5) is 13.5. The summed E-state index contributed by atoms with van der Waals surface area (Å²) in [5, 5.41) is 2.55. The summed E-state index contributed by atoms with van der Waals surface area (Å²) in [6.07, 6.45) is 6.18. The number of ether oxygens (including phenoxy) is 3. The molecule has 9 heteroatoms. The molecule has 5 rings (SSSR count). The molecule has 0 fully saturated rings. The normalized spacial score (nSPS) is 12.0. The van der Waals surface area contributed by atoms with Gasteiger partial charge in [-0.2, -0.15) is 11.8 Å². The SMILES string of the molecule is COc1cc2ncc3c(N)nc(-c4cncc(OC[C@@H](N)CSCCc5ccccc5)c4)cc3c2cc1OC. The number of anilines is 1. The Hall–Kier alpha value is -4.08. The number of methoxy groups -OCH3 is 2. The summed E-state index contributed by atoms with van der Waals surface area (Å²) in [6.45, 7) is 0.398. The molecule has 4 N–H and O–H groups in total. The predicted octanol–water partition coefficient (Wildman–Crippen LogP) is 5.13. The summed E-state index contributed by atoms with van der Waals surface area (Å²) < 4.78 is 16.9. The highest BCUT2D eigenvalue weighted by molar-refractivity contribution is 7.99. The Kier molecular flexibility index (Phi) is 8.29. The van der Waals surface area contributed by atoms with Gasteiger partial charge >= 0.3 is 0 Å². The van der Waals surface area contributed by atoms with E-state index in [0.717, 1.165) is 45.2 Å². The third-order valence-electron chi connectivity index (χ3n) is 6.40. The van der Waals surface area contributed by atoms with Crippen LogP contribution in [0.25, 0.3) is 32.9 Å². The first-order valence-corrected chi connectivity index (χ1v) is 13.8. The molecule has 0 unspecified atom stereocenters. The van der Waals surface area contributed by atoms with Crippen LogP contribution in [-0.2, 0) is 6.42 Å². The first-order valence-electron chi connectivity index (χ1n) is 12.6. The Bertz CT molecular complexity index is 1580. The number of benzene rings is 2. The Balaban J connectivity index is 1.30. The minimum atomic E-state index is -0.0882. The highest BCUT2D eigenvalue weighted by Crippen LogP contribution is 2.37. The van der Waals surface area contributed by atoms with Crippen LogP contribution in [0.1, 0.15) is 5.56 Å². The van der Waals surface area contributed by atoms with E-state index in [1.807, 2.05) is 42.1 Å². The number of rotatable bonds is 11. The average molecular weight is 542 g/mol. The van der Waals surface area contributed by atoms with Crippen molar-refractivity contribution in [2.75, 3.05) is 38.1 Å². The second kappa shape index (κ2) is 12.2. The maximum absolute atomic E-state index is 6.37. The fourth-order valence-electron chi connectivity index (χ4n) is 4.36. The molecule has 0 bridgehead atoms. The van der Waals surface area contributed by atoms with Crippen LogP contribution < -0.4 is 25.7 Å². The molecular formula is C30H31N5O3S. The van der Waals surface area contributed by atoms with Gasteiger partial charge in [-0.1, -0.05) is 30.3 Å². The van der Waals surface area contributed by atoms with E-state index in [1.54, 1.807) is 32.8 Å². The quantitative estimate of drug-likeness (QED) is 0.173. The van der Waals surface area contributed by atoms with Gasteiger partial charge in [0.1, 0.15) is 18.2 Å². The number of hydrogen-bond acceptors (Lipinski definition) is 9. The van der Waals surface area contributed by atoms with Crippen molar-refractivity contribution in [3.8, 4) is 28.5 Å². The van der Waals surface area contributed by atoms with Gasteiger partial charge in [0.25, 0.3) is 0 Å². The second-order valence-corrected chi connectivity index (χ2v) is 10.3. The van der Waals surface area contributed by atoms with E-state index < -0.39 is 0 Å². The zero-order valence-corrected chi connectivity index (χ0v) is 22.8. The lowest BCUT2D eigenvalue weighted by molar-refractivity contribution is 0.297. The molecule has 0 aliphatic heterocycles. The van der Waals surface area contributed by atoms with Crippen molar-refractivity contribution < 1.29 is 14.2 Å². The fraction of sp³-hybridized carbons (Fsp3) is 0.233. The number of nitrogens with two attached hydrogens (primary N) is 2. The smallest absolute Gasteiger partial charge is 0.162 e. The van der Waals surface area contributed by atoms with Crippen LogP contribution in [0.4, 0.5) is 5.82 Å². The Morgan fingerprint density at radius 1 is 0.897 bits per heavy atom. The van der Waals surface area contributed by atoms with Gasteiger partial charge in [-0.25, -0.2) is 4.98 Å². The monoisotopic (exact) mass is 541 g/mol. The van der Waals surface area contributed by atoms with Gasteiger partial charge in [-0.3, -0.25) is 9.97 Å². The molecule has 0 saturated heterocycles. The van der Waals surface area contributed by atoms with E-state index in [2.05, 4.69) is 39.2 Å². The molecule has 0 aliphatic rings. The average Bonchev–Trinajstić information content (AvgIpc) is 2.98. The lowest BCUT2D eigenvalue weighted by Gasteiger charge is -2.14. The van der Waals surface area contributed by atoms with Crippen molar-refractivity contribution in [1.29, 1.82) is 0 Å². The molecule has 39 heavy (non-hydrogen) atoms. The number of nitrogen functional groups attached to an aromatic ring is 1. The van der Waals surface area contributed by atoms with E-state index in [4.69, 9.17) is 25.7 Å². The van der Waals surface area contributed by atoms with Gasteiger partial charge in [0.15, 0.2) is 11.5 Å². The number of pyridine rings is 3. The molecule has 2 aromatic carbocycles. The van der Waals surface area contributed by atoms with E-state index in [9.17, 15) is 0 Å². The molecule has 0 saturated carbocycles. The van der Waals surface area contributed by atoms with Crippen molar-refractivity contribution in [3.63, 3.8) is 0 Å². The van der Waals surface area contributed by atoms with Crippen molar-refractivity contribution in [2.24, 2.45) is 5.73 Å². The topological polar surface area (TPSA) is 118 Å². The number of fused-ring (bicyclic) bond motifs is 3. The predicted molar refractivity (Wildman–Crippen MR) is 159 cm³/mol.